The topological polar surface area (TPSA) is 29.9 Å². The van der Waals surface area contributed by atoms with E-state index in [4.69, 9.17) is 11.6 Å². The molecule has 1 aromatic heterocycles. The highest BCUT2D eigenvalue weighted by Crippen LogP contribution is 2.20. The number of nitrogens with zero attached hydrogens (tertiary/aromatic N) is 2. The first kappa shape index (κ1) is 11.0. The minimum Gasteiger partial charge on any atom is -0.384 e. The molecule has 0 aliphatic rings. The van der Waals surface area contributed by atoms with E-state index in [1.807, 2.05) is 36.8 Å². The van der Waals surface area contributed by atoms with E-state index in [2.05, 4.69) is 14.9 Å². The van der Waals surface area contributed by atoms with Crippen LogP contribution in [0.2, 0.25) is 5.02 Å². The van der Waals surface area contributed by atoms with Gasteiger partial charge in [-0.25, -0.2) is 4.98 Å². The van der Waals surface area contributed by atoms with Crippen LogP contribution in [0.3, 0.4) is 0 Å². The molecule has 3 nitrogen and oxygen atoms in total. The minimum absolute atomic E-state index is 0.769. The van der Waals surface area contributed by atoms with Gasteiger partial charge in [0.1, 0.15) is 0 Å². The zero-order valence-corrected chi connectivity index (χ0v) is 9.69. The van der Waals surface area contributed by atoms with Crippen molar-refractivity contribution in [3.8, 4) is 0 Å². The average molecular weight is 236 g/mol. The molecule has 0 amide bonds. The highest BCUT2D eigenvalue weighted by Gasteiger charge is 1.96. The fourth-order valence-electron chi connectivity index (χ4n) is 1.51. The van der Waals surface area contributed by atoms with Gasteiger partial charge >= 0.3 is 0 Å². The Balaban J connectivity index is 1.74. The van der Waals surface area contributed by atoms with Crippen molar-refractivity contribution >= 4 is 17.3 Å². The Kier molecular flexibility index (Phi) is 3.83. The van der Waals surface area contributed by atoms with Crippen molar-refractivity contribution in [2.75, 3.05) is 11.9 Å². The monoisotopic (exact) mass is 235 g/mol. The largest absolute Gasteiger partial charge is 0.384 e. The van der Waals surface area contributed by atoms with Crippen molar-refractivity contribution in [3.05, 3.63) is 48.0 Å². The van der Waals surface area contributed by atoms with Crippen LogP contribution in [0, 0.1) is 0 Å². The van der Waals surface area contributed by atoms with Crippen LogP contribution in [0.1, 0.15) is 6.42 Å². The summed E-state index contributed by atoms with van der Waals surface area (Å²) in [5.74, 6) is 0. The molecule has 0 bridgehead atoms. The second-order valence-corrected chi connectivity index (χ2v) is 3.97. The maximum Gasteiger partial charge on any atom is 0.0945 e. The van der Waals surface area contributed by atoms with Crippen molar-refractivity contribution < 1.29 is 0 Å². The van der Waals surface area contributed by atoms with Crippen LogP contribution in [-0.2, 0) is 6.54 Å². The number of aromatic nitrogens is 2. The van der Waals surface area contributed by atoms with Crippen LogP contribution in [-0.4, -0.2) is 16.1 Å². The van der Waals surface area contributed by atoms with Gasteiger partial charge in [0.25, 0.3) is 0 Å². The van der Waals surface area contributed by atoms with Gasteiger partial charge in [0, 0.05) is 25.5 Å². The van der Waals surface area contributed by atoms with E-state index in [1.165, 1.54) is 0 Å². The molecule has 0 unspecified atom stereocenters. The molecule has 1 heterocycles. The fourth-order valence-corrected chi connectivity index (χ4v) is 1.71. The zero-order chi connectivity index (χ0) is 11.2. The van der Waals surface area contributed by atoms with Gasteiger partial charge in [-0.3, -0.25) is 0 Å². The first-order valence-electron chi connectivity index (χ1n) is 5.30. The number of benzene rings is 1. The SMILES string of the molecule is Clc1ccccc1NCCCn1ccnc1. The van der Waals surface area contributed by atoms with Crippen LogP contribution >= 0.6 is 11.6 Å². The molecule has 1 N–H and O–H groups in total. The Morgan fingerprint density at radius 1 is 1.31 bits per heavy atom. The fraction of sp³-hybridized carbons (Fsp3) is 0.250. The molecule has 0 fully saturated rings. The Morgan fingerprint density at radius 3 is 2.94 bits per heavy atom. The summed E-state index contributed by atoms with van der Waals surface area (Å²) in [6, 6.07) is 7.78. The van der Waals surface area contributed by atoms with Crippen molar-refractivity contribution in [2.45, 2.75) is 13.0 Å². The summed E-state index contributed by atoms with van der Waals surface area (Å²) in [5.41, 5.74) is 0.995. The van der Waals surface area contributed by atoms with Gasteiger partial charge in [-0.2, -0.15) is 0 Å². The Morgan fingerprint density at radius 2 is 2.19 bits per heavy atom. The van der Waals surface area contributed by atoms with Crippen molar-refractivity contribution in [3.63, 3.8) is 0 Å². The second-order valence-electron chi connectivity index (χ2n) is 3.56. The number of nitrogens with one attached hydrogen (secondary N) is 1. The average Bonchev–Trinajstić information content (AvgIpc) is 2.79. The van der Waals surface area contributed by atoms with Crippen LogP contribution in [0.15, 0.2) is 43.0 Å². The lowest BCUT2D eigenvalue weighted by atomic mass is 10.3. The number of imidazole rings is 1. The summed E-state index contributed by atoms with van der Waals surface area (Å²) >= 11 is 6.03. The highest BCUT2D eigenvalue weighted by molar-refractivity contribution is 6.33. The molecule has 0 aliphatic heterocycles. The van der Waals surface area contributed by atoms with E-state index in [0.717, 1.165) is 30.2 Å². The van der Waals surface area contributed by atoms with Crippen molar-refractivity contribution in [2.24, 2.45) is 0 Å². The Labute approximate surface area is 100 Å². The normalized spacial score (nSPS) is 10.3. The molecule has 1 aromatic carbocycles. The predicted molar refractivity (Wildman–Crippen MR) is 66.8 cm³/mol. The van der Waals surface area contributed by atoms with Crippen LogP contribution < -0.4 is 5.32 Å². The molecule has 4 heteroatoms. The number of rotatable bonds is 5. The van der Waals surface area contributed by atoms with Gasteiger partial charge < -0.3 is 9.88 Å². The molecule has 0 radical (unpaired) electrons. The maximum absolute atomic E-state index is 6.03. The van der Waals surface area contributed by atoms with Crippen LogP contribution in [0.4, 0.5) is 5.69 Å². The van der Waals surface area contributed by atoms with Crippen molar-refractivity contribution in [1.29, 1.82) is 0 Å². The Bertz CT molecular complexity index is 426. The quantitative estimate of drug-likeness (QED) is 0.808. The van der Waals surface area contributed by atoms with E-state index in [-0.39, 0.29) is 0 Å². The van der Waals surface area contributed by atoms with Gasteiger partial charge in [-0.05, 0) is 18.6 Å². The standard InChI is InChI=1S/C12H14ClN3/c13-11-4-1-2-5-12(11)15-6-3-8-16-9-7-14-10-16/h1-2,4-5,7,9-10,15H,3,6,8H2. The smallest absolute Gasteiger partial charge is 0.0945 e. The molecular formula is C12H14ClN3. The molecule has 0 saturated heterocycles. The third-order valence-electron chi connectivity index (χ3n) is 2.34. The number of hydrogen-bond acceptors (Lipinski definition) is 2. The number of aryl methyl sites for hydroxylation is 1. The van der Waals surface area contributed by atoms with E-state index in [9.17, 15) is 0 Å². The van der Waals surface area contributed by atoms with E-state index < -0.39 is 0 Å². The third kappa shape index (κ3) is 3.00. The summed E-state index contributed by atoms with van der Waals surface area (Å²) < 4.78 is 2.06. The lowest BCUT2D eigenvalue weighted by Gasteiger charge is -2.08. The number of para-hydroxylation sites is 1. The summed E-state index contributed by atoms with van der Waals surface area (Å²) in [4.78, 5) is 3.99. The predicted octanol–water partition coefficient (Wildman–Crippen LogP) is 3.04. The first-order valence-corrected chi connectivity index (χ1v) is 5.68. The van der Waals surface area contributed by atoms with Gasteiger partial charge in [0.15, 0.2) is 0 Å². The van der Waals surface area contributed by atoms with Gasteiger partial charge in [-0.15, -0.1) is 0 Å². The molecule has 84 valence electrons. The van der Waals surface area contributed by atoms with Gasteiger partial charge in [0.05, 0.1) is 17.0 Å². The molecule has 0 saturated carbocycles. The maximum atomic E-state index is 6.03. The molecular weight excluding hydrogens is 222 g/mol. The third-order valence-corrected chi connectivity index (χ3v) is 2.67. The highest BCUT2D eigenvalue weighted by atomic mass is 35.5. The summed E-state index contributed by atoms with van der Waals surface area (Å²) in [5, 5.41) is 4.08. The summed E-state index contributed by atoms with van der Waals surface area (Å²) in [6.45, 7) is 1.87. The minimum atomic E-state index is 0.769. The lowest BCUT2D eigenvalue weighted by molar-refractivity contribution is 0.661. The zero-order valence-electron chi connectivity index (χ0n) is 8.94. The van der Waals surface area contributed by atoms with Crippen LogP contribution in [0.25, 0.3) is 0 Å². The van der Waals surface area contributed by atoms with E-state index in [0.29, 0.717) is 0 Å². The molecule has 0 aliphatic carbocycles. The van der Waals surface area contributed by atoms with E-state index in [1.54, 1.807) is 6.20 Å². The number of halogens is 1. The summed E-state index contributed by atoms with van der Waals surface area (Å²) in [6.07, 6.45) is 6.63. The molecule has 2 rings (SSSR count). The molecule has 0 spiro atoms. The lowest BCUT2D eigenvalue weighted by Crippen LogP contribution is -2.05. The molecule has 2 aromatic rings. The number of hydrogen-bond donors (Lipinski definition) is 1. The molecule has 0 atom stereocenters. The number of anilines is 1. The van der Waals surface area contributed by atoms with Crippen molar-refractivity contribution in [1.82, 2.24) is 9.55 Å². The molecule has 16 heavy (non-hydrogen) atoms. The van der Waals surface area contributed by atoms with Gasteiger partial charge in [0.2, 0.25) is 0 Å². The van der Waals surface area contributed by atoms with Crippen LogP contribution in [0.5, 0.6) is 0 Å². The first-order chi connectivity index (χ1) is 7.86. The second kappa shape index (κ2) is 5.56. The van der Waals surface area contributed by atoms with E-state index >= 15 is 0 Å². The Hall–Kier alpha value is -1.48. The summed E-state index contributed by atoms with van der Waals surface area (Å²) in [7, 11) is 0. The van der Waals surface area contributed by atoms with Gasteiger partial charge in [-0.1, -0.05) is 23.7 Å².